The van der Waals surface area contributed by atoms with E-state index in [1.807, 2.05) is 36.1 Å². The molecule has 4 heteroatoms. The van der Waals surface area contributed by atoms with Crippen molar-refractivity contribution < 1.29 is 4.39 Å². The zero-order valence-corrected chi connectivity index (χ0v) is 11.5. The summed E-state index contributed by atoms with van der Waals surface area (Å²) in [5, 5.41) is 0.634. The van der Waals surface area contributed by atoms with Crippen LogP contribution in [0.3, 0.4) is 0 Å². The minimum atomic E-state index is -0.257. The Bertz CT molecular complexity index is 572. The van der Waals surface area contributed by atoms with Gasteiger partial charge in [-0.15, -0.1) is 0 Å². The Balaban J connectivity index is 2.51. The van der Waals surface area contributed by atoms with Gasteiger partial charge in [-0.25, -0.2) is 4.39 Å². The van der Waals surface area contributed by atoms with Gasteiger partial charge in [0.1, 0.15) is 5.82 Å². The summed E-state index contributed by atoms with van der Waals surface area (Å²) in [5.41, 5.74) is 8.35. The largest absolute Gasteiger partial charge is 0.341 e. The molecule has 0 saturated carbocycles. The van der Waals surface area contributed by atoms with Gasteiger partial charge in [0.15, 0.2) is 0 Å². The second-order valence-corrected chi connectivity index (χ2v) is 4.57. The maximum atomic E-state index is 13.4. The summed E-state index contributed by atoms with van der Waals surface area (Å²) in [7, 11) is 0. The van der Waals surface area contributed by atoms with Crippen molar-refractivity contribution in [2.75, 3.05) is 11.4 Å². The highest BCUT2D eigenvalue weighted by Gasteiger charge is 2.13. The van der Waals surface area contributed by atoms with Crippen LogP contribution in [0.15, 0.2) is 42.5 Å². The summed E-state index contributed by atoms with van der Waals surface area (Å²) in [6.07, 6.45) is 0. The number of hydrogen-bond donors (Lipinski definition) is 1. The number of benzene rings is 2. The Labute approximate surface area is 117 Å². The topological polar surface area (TPSA) is 29.3 Å². The molecular weight excluding hydrogens is 263 g/mol. The number of nitrogens with two attached hydrogens (primary N) is 1. The van der Waals surface area contributed by atoms with Crippen molar-refractivity contribution in [3.63, 3.8) is 0 Å². The lowest BCUT2D eigenvalue weighted by Crippen LogP contribution is -2.19. The van der Waals surface area contributed by atoms with Crippen LogP contribution in [0.4, 0.5) is 15.8 Å². The van der Waals surface area contributed by atoms with Gasteiger partial charge in [0, 0.05) is 35.1 Å². The molecule has 0 saturated heterocycles. The maximum Gasteiger partial charge on any atom is 0.125 e. The molecule has 0 spiro atoms. The normalized spacial score (nSPS) is 10.5. The Hall–Kier alpha value is -1.58. The molecule has 19 heavy (non-hydrogen) atoms. The van der Waals surface area contributed by atoms with E-state index >= 15 is 0 Å². The van der Waals surface area contributed by atoms with E-state index in [-0.39, 0.29) is 5.82 Å². The fourth-order valence-electron chi connectivity index (χ4n) is 2.14. The first kappa shape index (κ1) is 13.8. The number of nitrogens with zero attached hydrogens (tertiary/aromatic N) is 1. The molecule has 2 N–H and O–H groups in total. The van der Waals surface area contributed by atoms with Gasteiger partial charge in [-0.05, 0) is 37.3 Å². The van der Waals surface area contributed by atoms with Gasteiger partial charge in [0.2, 0.25) is 0 Å². The Morgan fingerprint density at radius 3 is 2.58 bits per heavy atom. The molecule has 100 valence electrons. The predicted octanol–water partition coefficient (Wildman–Crippen LogP) is 4.10. The van der Waals surface area contributed by atoms with Crippen LogP contribution in [0.25, 0.3) is 0 Å². The lowest BCUT2D eigenvalue weighted by Gasteiger charge is -2.26. The van der Waals surface area contributed by atoms with Crippen molar-refractivity contribution in [3.8, 4) is 0 Å². The quantitative estimate of drug-likeness (QED) is 0.912. The van der Waals surface area contributed by atoms with Crippen LogP contribution >= 0.6 is 11.6 Å². The van der Waals surface area contributed by atoms with E-state index in [0.29, 0.717) is 18.1 Å². The van der Waals surface area contributed by atoms with E-state index in [0.717, 1.165) is 16.9 Å². The summed E-state index contributed by atoms with van der Waals surface area (Å²) in [4.78, 5) is 2.00. The first-order chi connectivity index (χ1) is 9.17. The van der Waals surface area contributed by atoms with E-state index < -0.39 is 0 Å². The summed E-state index contributed by atoms with van der Waals surface area (Å²) < 4.78 is 13.4. The molecular formula is C15H16ClFN2. The Morgan fingerprint density at radius 1 is 1.21 bits per heavy atom. The SMILES string of the molecule is CCN(c1cccc(F)c1)c1cccc(Cl)c1CN. The van der Waals surface area contributed by atoms with Gasteiger partial charge in [0.05, 0.1) is 0 Å². The van der Waals surface area contributed by atoms with Gasteiger partial charge in [-0.2, -0.15) is 0 Å². The lowest BCUT2D eigenvalue weighted by atomic mass is 10.1. The highest BCUT2D eigenvalue weighted by molar-refractivity contribution is 6.31. The van der Waals surface area contributed by atoms with Crippen LogP contribution in [0.5, 0.6) is 0 Å². The second kappa shape index (κ2) is 6.04. The average molecular weight is 279 g/mol. The van der Waals surface area contributed by atoms with E-state index in [4.69, 9.17) is 17.3 Å². The van der Waals surface area contributed by atoms with E-state index in [9.17, 15) is 4.39 Å². The summed E-state index contributed by atoms with van der Waals surface area (Å²) in [6.45, 7) is 3.06. The van der Waals surface area contributed by atoms with Gasteiger partial charge in [-0.3, -0.25) is 0 Å². The molecule has 0 aliphatic carbocycles. The summed E-state index contributed by atoms with van der Waals surface area (Å²) in [5.74, 6) is -0.257. The number of anilines is 2. The molecule has 0 bridgehead atoms. The molecule has 0 amide bonds. The molecule has 0 aliphatic rings. The third-order valence-electron chi connectivity index (χ3n) is 3.03. The minimum Gasteiger partial charge on any atom is -0.341 e. The maximum absolute atomic E-state index is 13.4. The standard InChI is InChI=1S/C15H16ClFN2/c1-2-19(12-6-3-5-11(17)9-12)15-8-4-7-14(16)13(15)10-18/h3-9H,2,10,18H2,1H3. The van der Waals surface area contributed by atoms with Crippen LogP contribution in [-0.4, -0.2) is 6.54 Å². The van der Waals surface area contributed by atoms with Crippen molar-refractivity contribution in [2.24, 2.45) is 5.73 Å². The number of rotatable bonds is 4. The fourth-order valence-corrected chi connectivity index (χ4v) is 2.38. The molecule has 0 fully saturated rings. The van der Waals surface area contributed by atoms with Gasteiger partial charge in [-0.1, -0.05) is 23.7 Å². The molecule has 0 aliphatic heterocycles. The van der Waals surface area contributed by atoms with Crippen molar-refractivity contribution in [3.05, 3.63) is 58.9 Å². The van der Waals surface area contributed by atoms with Gasteiger partial charge in [0.25, 0.3) is 0 Å². The van der Waals surface area contributed by atoms with Gasteiger partial charge < -0.3 is 10.6 Å². The third-order valence-corrected chi connectivity index (χ3v) is 3.38. The van der Waals surface area contributed by atoms with E-state index in [2.05, 4.69) is 0 Å². The highest BCUT2D eigenvalue weighted by Crippen LogP contribution is 2.32. The van der Waals surface area contributed by atoms with E-state index in [1.165, 1.54) is 12.1 Å². The molecule has 2 nitrogen and oxygen atoms in total. The molecule has 0 aromatic heterocycles. The first-order valence-electron chi connectivity index (χ1n) is 6.18. The second-order valence-electron chi connectivity index (χ2n) is 4.17. The molecule has 0 radical (unpaired) electrons. The van der Waals surface area contributed by atoms with Crippen LogP contribution in [0.2, 0.25) is 5.02 Å². The number of halogens is 2. The Kier molecular flexibility index (Phi) is 4.40. The van der Waals surface area contributed by atoms with Crippen molar-refractivity contribution >= 4 is 23.0 Å². The first-order valence-corrected chi connectivity index (χ1v) is 6.55. The van der Waals surface area contributed by atoms with Crippen molar-refractivity contribution in [1.82, 2.24) is 0 Å². The smallest absolute Gasteiger partial charge is 0.125 e. The average Bonchev–Trinajstić information content (AvgIpc) is 2.40. The van der Waals surface area contributed by atoms with Gasteiger partial charge >= 0.3 is 0 Å². The van der Waals surface area contributed by atoms with Crippen LogP contribution in [0, 0.1) is 5.82 Å². The molecule has 0 heterocycles. The third kappa shape index (κ3) is 2.88. The van der Waals surface area contributed by atoms with Crippen LogP contribution in [0.1, 0.15) is 12.5 Å². The lowest BCUT2D eigenvalue weighted by molar-refractivity contribution is 0.627. The molecule has 2 rings (SSSR count). The van der Waals surface area contributed by atoms with Crippen molar-refractivity contribution in [1.29, 1.82) is 0 Å². The monoisotopic (exact) mass is 278 g/mol. The number of hydrogen-bond acceptors (Lipinski definition) is 2. The zero-order chi connectivity index (χ0) is 13.8. The van der Waals surface area contributed by atoms with Crippen LogP contribution < -0.4 is 10.6 Å². The zero-order valence-electron chi connectivity index (χ0n) is 10.7. The summed E-state index contributed by atoms with van der Waals surface area (Å²) >= 11 is 6.17. The minimum absolute atomic E-state index is 0.257. The van der Waals surface area contributed by atoms with E-state index in [1.54, 1.807) is 6.07 Å². The molecule has 0 atom stereocenters. The fraction of sp³-hybridized carbons (Fsp3) is 0.200. The highest BCUT2D eigenvalue weighted by atomic mass is 35.5. The predicted molar refractivity (Wildman–Crippen MR) is 78.4 cm³/mol. The van der Waals surface area contributed by atoms with Crippen molar-refractivity contribution in [2.45, 2.75) is 13.5 Å². The summed E-state index contributed by atoms with van der Waals surface area (Å²) in [6, 6.07) is 12.1. The molecule has 2 aromatic carbocycles. The molecule has 2 aromatic rings. The molecule has 0 unspecified atom stereocenters. The van der Waals surface area contributed by atoms with Crippen LogP contribution in [-0.2, 0) is 6.54 Å². The Morgan fingerprint density at radius 2 is 1.95 bits per heavy atom.